The molecule has 29 heavy (non-hydrogen) atoms. The van der Waals surface area contributed by atoms with E-state index in [2.05, 4.69) is 10.3 Å². The minimum atomic E-state index is -0.239. The van der Waals surface area contributed by atoms with Gasteiger partial charge in [0.25, 0.3) is 0 Å². The molecule has 0 aliphatic rings. The molecule has 3 aromatic rings. The van der Waals surface area contributed by atoms with E-state index in [0.29, 0.717) is 15.9 Å². The number of halogens is 1. The lowest BCUT2D eigenvalue weighted by Crippen LogP contribution is -2.36. The summed E-state index contributed by atoms with van der Waals surface area (Å²) < 4.78 is 1.89. The van der Waals surface area contributed by atoms with Crippen LogP contribution in [0.1, 0.15) is 5.56 Å². The highest BCUT2D eigenvalue weighted by atomic mass is 35.5. The molecule has 0 unspecified atom stereocenters. The lowest BCUT2D eigenvalue weighted by molar-refractivity contribution is -0.131. The number of hydrogen-bond acceptors (Lipinski definition) is 4. The number of hydrogen-bond donors (Lipinski definition) is 1. The average molecular weight is 429 g/mol. The molecule has 0 fully saturated rings. The van der Waals surface area contributed by atoms with Crippen LogP contribution in [0, 0.1) is 6.92 Å². The average Bonchev–Trinajstić information content (AvgIpc) is 3.17. The maximum Gasteiger partial charge on any atom is 0.243 e. The lowest BCUT2D eigenvalue weighted by atomic mass is 10.2. The third-order valence-electron chi connectivity index (χ3n) is 4.18. The van der Waals surface area contributed by atoms with Crippen LogP contribution in [-0.2, 0) is 9.59 Å². The molecule has 3 rings (SSSR count). The highest BCUT2D eigenvalue weighted by Crippen LogP contribution is 2.22. The third-order valence-corrected chi connectivity index (χ3v) is 5.38. The number of thioether (sulfide) groups is 1. The van der Waals surface area contributed by atoms with Crippen molar-refractivity contribution < 1.29 is 9.59 Å². The topological polar surface area (TPSA) is 67.2 Å². The van der Waals surface area contributed by atoms with Crippen LogP contribution in [0.4, 0.5) is 5.69 Å². The summed E-state index contributed by atoms with van der Waals surface area (Å²) in [6.45, 7) is 1.97. The number of benzene rings is 2. The largest absolute Gasteiger partial charge is 0.336 e. The van der Waals surface area contributed by atoms with Crippen molar-refractivity contribution in [1.82, 2.24) is 14.5 Å². The number of nitrogens with zero attached hydrogens (tertiary/aromatic N) is 3. The minimum absolute atomic E-state index is 0.0150. The number of amides is 2. The SMILES string of the molecule is Cc1ccc(NC(=O)CN(C)C(=O)CSc2nccn2-c2ccc(Cl)cc2)cc1. The first-order valence-electron chi connectivity index (χ1n) is 8.95. The first-order chi connectivity index (χ1) is 13.9. The number of carbonyl (C=O) groups is 2. The van der Waals surface area contributed by atoms with Crippen molar-refractivity contribution in [2.45, 2.75) is 12.1 Å². The molecule has 1 N–H and O–H groups in total. The third kappa shape index (κ3) is 5.85. The smallest absolute Gasteiger partial charge is 0.243 e. The Labute approximate surface area is 178 Å². The van der Waals surface area contributed by atoms with E-state index in [1.54, 1.807) is 25.4 Å². The Kier molecular flexibility index (Phi) is 6.95. The van der Waals surface area contributed by atoms with Gasteiger partial charge in [0.2, 0.25) is 11.8 Å². The van der Waals surface area contributed by atoms with Crippen molar-refractivity contribution >= 4 is 40.9 Å². The van der Waals surface area contributed by atoms with Gasteiger partial charge >= 0.3 is 0 Å². The lowest BCUT2D eigenvalue weighted by Gasteiger charge is -2.17. The highest BCUT2D eigenvalue weighted by Gasteiger charge is 2.15. The number of carbonyl (C=O) groups excluding carboxylic acids is 2. The summed E-state index contributed by atoms with van der Waals surface area (Å²) >= 11 is 7.25. The van der Waals surface area contributed by atoms with Gasteiger partial charge in [0.1, 0.15) is 0 Å². The first kappa shape index (κ1) is 21.0. The number of imidazole rings is 1. The fraction of sp³-hybridized carbons (Fsp3) is 0.190. The molecule has 0 atom stereocenters. The molecular formula is C21H21ClN4O2S. The molecule has 0 aliphatic carbocycles. The summed E-state index contributed by atoms with van der Waals surface area (Å²) in [5.41, 5.74) is 2.73. The minimum Gasteiger partial charge on any atom is -0.336 e. The fourth-order valence-corrected chi connectivity index (χ4v) is 3.61. The molecule has 2 aromatic carbocycles. The number of anilines is 1. The van der Waals surface area contributed by atoms with Crippen molar-refractivity contribution in [1.29, 1.82) is 0 Å². The van der Waals surface area contributed by atoms with E-state index in [9.17, 15) is 9.59 Å². The zero-order chi connectivity index (χ0) is 20.8. The van der Waals surface area contributed by atoms with Crippen LogP contribution in [0.15, 0.2) is 66.1 Å². The molecular weight excluding hydrogens is 408 g/mol. The Balaban J connectivity index is 1.53. The van der Waals surface area contributed by atoms with Gasteiger partial charge in [-0.05, 0) is 43.3 Å². The van der Waals surface area contributed by atoms with Crippen molar-refractivity contribution in [2.75, 3.05) is 24.7 Å². The van der Waals surface area contributed by atoms with Crippen LogP contribution in [0.2, 0.25) is 5.02 Å². The second kappa shape index (κ2) is 9.62. The van der Waals surface area contributed by atoms with E-state index in [0.717, 1.165) is 11.3 Å². The standard InChI is InChI=1S/C21H21ClN4O2S/c1-15-3-7-17(8-4-15)24-19(27)13-25(2)20(28)14-29-21-23-11-12-26(21)18-9-5-16(22)6-10-18/h3-12H,13-14H2,1-2H3,(H,24,27). The second-order valence-corrected chi connectivity index (χ2v) is 7.89. The van der Waals surface area contributed by atoms with Crippen LogP contribution in [0.5, 0.6) is 0 Å². The van der Waals surface area contributed by atoms with E-state index < -0.39 is 0 Å². The van der Waals surface area contributed by atoms with Crippen LogP contribution >= 0.6 is 23.4 Å². The Morgan fingerprint density at radius 3 is 2.52 bits per heavy atom. The van der Waals surface area contributed by atoms with Crippen LogP contribution in [0.3, 0.4) is 0 Å². The predicted octanol–water partition coefficient (Wildman–Crippen LogP) is 4.02. The summed E-state index contributed by atoms with van der Waals surface area (Å²) in [5, 5.41) is 4.14. The van der Waals surface area contributed by atoms with Gasteiger partial charge in [-0.2, -0.15) is 0 Å². The van der Waals surface area contributed by atoms with Gasteiger partial charge in [-0.3, -0.25) is 14.2 Å². The van der Waals surface area contributed by atoms with Crippen LogP contribution in [0.25, 0.3) is 5.69 Å². The maximum absolute atomic E-state index is 12.4. The second-order valence-electron chi connectivity index (χ2n) is 6.51. The molecule has 1 heterocycles. The summed E-state index contributed by atoms with van der Waals surface area (Å²) in [7, 11) is 1.61. The molecule has 0 radical (unpaired) electrons. The summed E-state index contributed by atoms with van der Waals surface area (Å²) in [6, 6.07) is 14.9. The van der Waals surface area contributed by atoms with Crippen LogP contribution in [-0.4, -0.2) is 45.6 Å². The van der Waals surface area contributed by atoms with E-state index in [-0.39, 0.29) is 24.1 Å². The molecule has 0 bridgehead atoms. The van der Waals surface area contributed by atoms with Crippen LogP contribution < -0.4 is 5.32 Å². The molecule has 150 valence electrons. The molecule has 0 spiro atoms. The van der Waals surface area contributed by atoms with E-state index >= 15 is 0 Å². The van der Waals surface area contributed by atoms with Gasteiger partial charge in [0.05, 0.1) is 12.3 Å². The normalized spacial score (nSPS) is 10.6. The number of rotatable bonds is 7. The number of aryl methyl sites for hydroxylation is 1. The Bertz CT molecular complexity index is 987. The predicted molar refractivity (Wildman–Crippen MR) is 117 cm³/mol. The molecule has 6 nitrogen and oxygen atoms in total. The molecule has 2 amide bonds. The Morgan fingerprint density at radius 1 is 1.14 bits per heavy atom. The van der Waals surface area contributed by atoms with Gasteiger partial charge in [-0.25, -0.2) is 4.98 Å². The van der Waals surface area contributed by atoms with E-state index in [1.807, 2.05) is 54.1 Å². The van der Waals surface area contributed by atoms with Gasteiger partial charge in [0.15, 0.2) is 5.16 Å². The highest BCUT2D eigenvalue weighted by molar-refractivity contribution is 7.99. The van der Waals surface area contributed by atoms with Crippen molar-refractivity contribution in [3.63, 3.8) is 0 Å². The molecule has 0 saturated heterocycles. The molecule has 1 aromatic heterocycles. The zero-order valence-electron chi connectivity index (χ0n) is 16.1. The van der Waals surface area contributed by atoms with Crippen molar-refractivity contribution in [2.24, 2.45) is 0 Å². The van der Waals surface area contributed by atoms with Gasteiger partial charge in [0, 0.05) is 35.8 Å². The Morgan fingerprint density at radius 2 is 1.83 bits per heavy atom. The summed E-state index contributed by atoms with van der Waals surface area (Å²) in [5.74, 6) is -0.212. The quantitative estimate of drug-likeness (QED) is 0.577. The molecule has 8 heteroatoms. The van der Waals surface area contributed by atoms with Gasteiger partial charge in [-0.1, -0.05) is 41.1 Å². The molecule has 0 saturated carbocycles. The molecule has 0 aliphatic heterocycles. The van der Waals surface area contributed by atoms with Gasteiger partial charge < -0.3 is 10.2 Å². The zero-order valence-corrected chi connectivity index (χ0v) is 17.7. The number of aromatic nitrogens is 2. The first-order valence-corrected chi connectivity index (χ1v) is 10.3. The van der Waals surface area contributed by atoms with E-state index in [4.69, 9.17) is 11.6 Å². The number of likely N-dealkylation sites (N-methyl/N-ethyl adjacent to an activating group) is 1. The maximum atomic E-state index is 12.4. The van der Waals surface area contributed by atoms with Crippen molar-refractivity contribution in [3.8, 4) is 5.69 Å². The number of nitrogens with one attached hydrogen (secondary N) is 1. The Hall–Kier alpha value is -2.77. The summed E-state index contributed by atoms with van der Waals surface area (Å²) in [4.78, 5) is 30.3. The van der Waals surface area contributed by atoms with Crippen molar-refractivity contribution in [3.05, 3.63) is 71.5 Å². The fourth-order valence-electron chi connectivity index (χ4n) is 2.57. The monoisotopic (exact) mass is 428 g/mol. The van der Waals surface area contributed by atoms with Gasteiger partial charge in [-0.15, -0.1) is 0 Å². The van der Waals surface area contributed by atoms with E-state index in [1.165, 1.54) is 16.7 Å². The summed E-state index contributed by atoms with van der Waals surface area (Å²) in [6.07, 6.45) is 3.51.